The number of nitrogens with one attached hydrogen (secondary N) is 2. The first-order valence-electron chi connectivity index (χ1n) is 9.89. The van der Waals surface area contributed by atoms with Crippen LogP contribution in [0.1, 0.15) is 42.9 Å². The quantitative estimate of drug-likeness (QED) is 0.624. The number of hydrogen-bond acceptors (Lipinski definition) is 5. The van der Waals surface area contributed by atoms with Crippen molar-refractivity contribution < 1.29 is 18.3 Å². The van der Waals surface area contributed by atoms with Gasteiger partial charge in [0.25, 0.3) is 0 Å². The second-order valence-electron chi connectivity index (χ2n) is 7.52. The first-order chi connectivity index (χ1) is 14.0. The summed E-state index contributed by atoms with van der Waals surface area (Å²) in [6.07, 6.45) is 5.87. The summed E-state index contributed by atoms with van der Waals surface area (Å²) in [7, 11) is -1.99. The average Bonchev–Trinajstić information content (AvgIpc) is 3.22. The van der Waals surface area contributed by atoms with Gasteiger partial charge in [0.2, 0.25) is 10.0 Å². The molecule has 2 aliphatic rings. The van der Waals surface area contributed by atoms with E-state index in [0.29, 0.717) is 12.3 Å². The van der Waals surface area contributed by atoms with E-state index in [9.17, 15) is 13.5 Å². The van der Waals surface area contributed by atoms with Gasteiger partial charge in [-0.2, -0.15) is 0 Å². The lowest BCUT2D eigenvalue weighted by Crippen LogP contribution is -2.30. The molecule has 1 aliphatic heterocycles. The molecule has 3 unspecified atom stereocenters. The molecule has 6 nitrogen and oxygen atoms in total. The van der Waals surface area contributed by atoms with Crippen molar-refractivity contribution in [1.82, 2.24) is 4.72 Å². The molecule has 0 fully saturated rings. The Labute approximate surface area is 171 Å². The van der Waals surface area contributed by atoms with Gasteiger partial charge < -0.3 is 15.2 Å². The fourth-order valence-electron chi connectivity index (χ4n) is 4.32. The Morgan fingerprint density at radius 1 is 1.24 bits per heavy atom. The number of benzene rings is 2. The van der Waals surface area contributed by atoms with E-state index >= 15 is 0 Å². The van der Waals surface area contributed by atoms with Gasteiger partial charge in [-0.15, -0.1) is 0 Å². The van der Waals surface area contributed by atoms with E-state index in [-0.39, 0.29) is 28.5 Å². The molecule has 7 heteroatoms. The third-order valence-electron chi connectivity index (χ3n) is 5.77. The van der Waals surface area contributed by atoms with Crippen LogP contribution in [0.2, 0.25) is 0 Å². The van der Waals surface area contributed by atoms with E-state index in [1.54, 1.807) is 18.2 Å². The first kappa shape index (κ1) is 19.8. The molecule has 1 aliphatic carbocycles. The van der Waals surface area contributed by atoms with Crippen molar-refractivity contribution in [3.63, 3.8) is 0 Å². The molecule has 0 radical (unpaired) electrons. The summed E-state index contributed by atoms with van der Waals surface area (Å²) in [6.45, 7) is 2.35. The molecule has 2 aromatic rings. The third kappa shape index (κ3) is 3.49. The minimum atomic E-state index is -3.52. The number of aromatic hydroxyl groups is 1. The number of phenolic OH excluding ortho intramolecular Hbond substituents is 1. The summed E-state index contributed by atoms with van der Waals surface area (Å²) in [5.41, 5.74) is 2.65. The zero-order valence-corrected chi connectivity index (χ0v) is 17.4. The summed E-state index contributed by atoms with van der Waals surface area (Å²) < 4.78 is 33.1. The molecule has 0 saturated heterocycles. The Hall–Kier alpha value is -2.51. The monoisotopic (exact) mass is 414 g/mol. The summed E-state index contributed by atoms with van der Waals surface area (Å²) >= 11 is 0. The molecular weight excluding hydrogens is 388 g/mol. The van der Waals surface area contributed by atoms with Crippen molar-refractivity contribution in [2.45, 2.75) is 36.6 Å². The van der Waals surface area contributed by atoms with Crippen LogP contribution in [-0.4, -0.2) is 27.2 Å². The minimum absolute atomic E-state index is 0.0863. The molecule has 0 amide bonds. The number of anilines is 1. The van der Waals surface area contributed by atoms with Gasteiger partial charge in [0.05, 0.1) is 18.0 Å². The van der Waals surface area contributed by atoms with E-state index in [4.69, 9.17) is 4.74 Å². The van der Waals surface area contributed by atoms with Crippen LogP contribution in [0.5, 0.6) is 11.5 Å². The number of para-hydroxylation sites is 1. The Bertz CT molecular complexity index is 1050. The van der Waals surface area contributed by atoms with Crippen LogP contribution in [-0.2, 0) is 10.0 Å². The minimum Gasteiger partial charge on any atom is -0.504 e. The maximum absolute atomic E-state index is 12.6. The molecule has 3 N–H and O–H groups in total. The van der Waals surface area contributed by atoms with Crippen LogP contribution in [0.25, 0.3) is 0 Å². The lowest BCUT2D eigenvalue weighted by atomic mass is 9.77. The van der Waals surface area contributed by atoms with Crippen LogP contribution in [0.3, 0.4) is 0 Å². The van der Waals surface area contributed by atoms with Crippen LogP contribution in [0.4, 0.5) is 5.69 Å². The Morgan fingerprint density at radius 2 is 2.07 bits per heavy atom. The Morgan fingerprint density at radius 3 is 2.83 bits per heavy atom. The van der Waals surface area contributed by atoms with Gasteiger partial charge in [-0.1, -0.05) is 31.2 Å². The van der Waals surface area contributed by atoms with E-state index < -0.39 is 10.0 Å². The highest BCUT2D eigenvalue weighted by molar-refractivity contribution is 7.89. The number of allylic oxidation sites excluding steroid dienone is 2. The molecule has 0 saturated carbocycles. The van der Waals surface area contributed by atoms with Crippen LogP contribution in [0, 0.1) is 5.92 Å². The van der Waals surface area contributed by atoms with Crippen molar-refractivity contribution in [3.8, 4) is 11.5 Å². The topological polar surface area (TPSA) is 87.7 Å². The van der Waals surface area contributed by atoms with Gasteiger partial charge in [-0.25, -0.2) is 13.1 Å². The smallest absolute Gasteiger partial charge is 0.240 e. The van der Waals surface area contributed by atoms with Gasteiger partial charge in [0, 0.05) is 23.7 Å². The van der Waals surface area contributed by atoms with Crippen LogP contribution in [0.15, 0.2) is 53.4 Å². The molecule has 0 bridgehead atoms. The van der Waals surface area contributed by atoms with Crippen LogP contribution >= 0.6 is 0 Å². The number of fused-ring (bicyclic) bond motifs is 3. The second kappa shape index (κ2) is 7.72. The summed E-state index contributed by atoms with van der Waals surface area (Å²) in [5, 5.41) is 14.2. The number of phenols is 1. The van der Waals surface area contributed by atoms with Gasteiger partial charge in [0.1, 0.15) is 0 Å². The number of ether oxygens (including phenoxy) is 1. The Kier molecular flexibility index (Phi) is 5.27. The summed E-state index contributed by atoms with van der Waals surface area (Å²) in [5.74, 6) is 0.857. The lowest BCUT2D eigenvalue weighted by Gasteiger charge is -2.38. The predicted octanol–water partition coefficient (Wildman–Crippen LogP) is 3.92. The zero-order chi connectivity index (χ0) is 20.6. The fraction of sp³-hybridized carbons (Fsp3) is 0.364. The maximum Gasteiger partial charge on any atom is 0.240 e. The van der Waals surface area contributed by atoms with E-state index in [1.807, 2.05) is 25.1 Å². The molecule has 0 aromatic heterocycles. The molecule has 3 atom stereocenters. The van der Waals surface area contributed by atoms with Gasteiger partial charge in [-0.3, -0.25) is 0 Å². The van der Waals surface area contributed by atoms with Gasteiger partial charge in [0.15, 0.2) is 11.5 Å². The van der Waals surface area contributed by atoms with Crippen LogP contribution < -0.4 is 14.8 Å². The SMILES string of the molecule is CCCNS(=O)(=O)c1ccc2c(c1)C1C=CCC1C(c1cccc(OC)c1O)N2. The number of methoxy groups -OCH3 is 1. The standard InChI is InChI=1S/C22H26N2O4S/c1-3-12-23-29(26,27)14-10-11-19-18(13-14)15-6-4-7-16(15)21(24-19)17-8-5-9-20(28-2)22(17)25/h4-6,8-11,13,15-16,21,23-25H,3,7,12H2,1-2H3. The molecule has 4 rings (SSSR count). The lowest BCUT2D eigenvalue weighted by molar-refractivity contribution is 0.358. The molecule has 0 spiro atoms. The number of sulfonamides is 1. The fourth-order valence-corrected chi connectivity index (χ4v) is 5.49. The highest BCUT2D eigenvalue weighted by Crippen LogP contribution is 2.52. The van der Waals surface area contributed by atoms with E-state index in [1.165, 1.54) is 7.11 Å². The molecular formula is C22H26N2O4S. The van der Waals surface area contributed by atoms with E-state index in [0.717, 1.165) is 29.7 Å². The van der Waals surface area contributed by atoms with Gasteiger partial charge in [-0.05, 0) is 48.6 Å². The summed E-state index contributed by atoms with van der Waals surface area (Å²) in [6, 6.07) is 10.6. The third-order valence-corrected chi connectivity index (χ3v) is 7.23. The van der Waals surface area contributed by atoms with Crippen molar-refractivity contribution in [2.75, 3.05) is 19.0 Å². The normalized spacial score (nSPS) is 22.6. The molecule has 29 heavy (non-hydrogen) atoms. The number of hydrogen-bond donors (Lipinski definition) is 3. The first-order valence-corrected chi connectivity index (χ1v) is 11.4. The van der Waals surface area contributed by atoms with Crippen molar-refractivity contribution in [2.24, 2.45) is 5.92 Å². The molecule has 154 valence electrons. The Balaban J connectivity index is 1.73. The van der Waals surface area contributed by atoms with Crippen molar-refractivity contribution in [1.29, 1.82) is 0 Å². The van der Waals surface area contributed by atoms with Crippen molar-refractivity contribution in [3.05, 3.63) is 59.7 Å². The number of rotatable bonds is 6. The highest BCUT2D eigenvalue weighted by atomic mass is 32.2. The largest absolute Gasteiger partial charge is 0.504 e. The molecule has 1 heterocycles. The summed E-state index contributed by atoms with van der Waals surface area (Å²) in [4.78, 5) is 0.285. The van der Waals surface area contributed by atoms with Gasteiger partial charge >= 0.3 is 0 Å². The predicted molar refractivity (Wildman–Crippen MR) is 113 cm³/mol. The second-order valence-corrected chi connectivity index (χ2v) is 9.29. The molecule has 2 aromatic carbocycles. The van der Waals surface area contributed by atoms with E-state index in [2.05, 4.69) is 22.2 Å². The maximum atomic E-state index is 12.6. The average molecular weight is 415 g/mol. The zero-order valence-electron chi connectivity index (χ0n) is 16.6. The van der Waals surface area contributed by atoms with Crippen molar-refractivity contribution >= 4 is 15.7 Å². The highest BCUT2D eigenvalue weighted by Gasteiger charge is 2.39.